The second-order valence-electron chi connectivity index (χ2n) is 6.94. The lowest BCUT2D eigenvalue weighted by atomic mass is 10.1. The van der Waals surface area contributed by atoms with Gasteiger partial charge in [0.05, 0.1) is 9.82 Å². The predicted octanol–water partition coefficient (Wildman–Crippen LogP) is 3.73. The summed E-state index contributed by atoms with van der Waals surface area (Å²) < 4.78 is 27.5. The second-order valence-corrected chi connectivity index (χ2v) is 9.11. The monoisotopic (exact) mass is 461 g/mol. The molecule has 0 fully saturated rings. The summed E-state index contributed by atoms with van der Waals surface area (Å²) in [5.41, 5.74) is 0.312. The van der Waals surface area contributed by atoms with Crippen LogP contribution in [0.25, 0.3) is 10.8 Å². The van der Waals surface area contributed by atoms with Crippen LogP contribution < -0.4 is 4.72 Å². The Morgan fingerprint density at radius 3 is 2.52 bits per heavy atom. The van der Waals surface area contributed by atoms with Crippen LogP contribution in [0.3, 0.4) is 0 Å². The Morgan fingerprint density at radius 2 is 1.81 bits per heavy atom. The standard InChI is InChI=1S/C21H20ClN3O5S/c1-24(14-17-12-18(25(27)28)7-9-20(17)22)21(26)10-11-23-31(29,30)19-8-6-15-4-2-3-5-16(15)13-19/h2-9,12-13,23H,10-11,14H2,1H3. The number of nitro benzene ring substituents is 1. The minimum atomic E-state index is -3.77. The first kappa shape index (κ1) is 22.7. The molecule has 0 aliphatic rings. The molecule has 162 valence electrons. The van der Waals surface area contributed by atoms with E-state index in [1.54, 1.807) is 12.1 Å². The summed E-state index contributed by atoms with van der Waals surface area (Å²) in [5, 5.41) is 13.0. The molecule has 0 atom stereocenters. The smallest absolute Gasteiger partial charge is 0.269 e. The molecule has 0 spiro atoms. The molecule has 0 aliphatic heterocycles. The van der Waals surface area contributed by atoms with Crippen LogP contribution in [0.4, 0.5) is 5.69 Å². The van der Waals surface area contributed by atoms with Crippen molar-refractivity contribution in [1.82, 2.24) is 9.62 Å². The number of fused-ring (bicyclic) bond motifs is 1. The molecule has 0 heterocycles. The summed E-state index contributed by atoms with van der Waals surface area (Å²) in [6.07, 6.45) is -0.0736. The molecule has 0 saturated heterocycles. The van der Waals surface area contributed by atoms with Gasteiger partial charge in [-0.1, -0.05) is 41.9 Å². The van der Waals surface area contributed by atoms with Crippen molar-refractivity contribution in [1.29, 1.82) is 0 Å². The van der Waals surface area contributed by atoms with Crippen LogP contribution in [-0.4, -0.2) is 37.7 Å². The molecule has 8 nitrogen and oxygen atoms in total. The Balaban J connectivity index is 1.59. The Morgan fingerprint density at radius 1 is 1.10 bits per heavy atom. The Hall–Kier alpha value is -3.01. The third-order valence-electron chi connectivity index (χ3n) is 4.74. The minimum Gasteiger partial charge on any atom is -0.341 e. The lowest BCUT2D eigenvalue weighted by Crippen LogP contribution is -2.32. The molecule has 1 N–H and O–H groups in total. The molecule has 3 rings (SSSR count). The average molecular weight is 462 g/mol. The Labute approximate surface area is 184 Å². The van der Waals surface area contributed by atoms with E-state index >= 15 is 0 Å². The fourth-order valence-electron chi connectivity index (χ4n) is 3.04. The molecule has 10 heteroatoms. The summed E-state index contributed by atoms with van der Waals surface area (Å²) in [6, 6.07) is 16.2. The van der Waals surface area contributed by atoms with Gasteiger partial charge >= 0.3 is 0 Å². The average Bonchev–Trinajstić information content (AvgIpc) is 2.74. The van der Waals surface area contributed by atoms with E-state index in [1.165, 1.54) is 36.2 Å². The van der Waals surface area contributed by atoms with Gasteiger partial charge in [0.25, 0.3) is 5.69 Å². The molecule has 0 aromatic heterocycles. The number of carbonyl (C=O) groups excluding carboxylic acids is 1. The van der Waals surface area contributed by atoms with Gasteiger partial charge in [-0.25, -0.2) is 13.1 Å². The van der Waals surface area contributed by atoms with Crippen molar-refractivity contribution >= 4 is 44.0 Å². The molecule has 0 aliphatic carbocycles. The Kier molecular flexibility index (Phi) is 6.89. The number of benzene rings is 3. The van der Waals surface area contributed by atoms with E-state index in [-0.39, 0.29) is 36.0 Å². The Bertz CT molecular complexity index is 1250. The highest BCUT2D eigenvalue weighted by atomic mass is 35.5. The molecule has 1 amide bonds. The largest absolute Gasteiger partial charge is 0.341 e. The van der Waals surface area contributed by atoms with Gasteiger partial charge < -0.3 is 4.90 Å². The van der Waals surface area contributed by atoms with E-state index in [9.17, 15) is 23.3 Å². The maximum Gasteiger partial charge on any atom is 0.269 e. The number of hydrogen-bond acceptors (Lipinski definition) is 5. The van der Waals surface area contributed by atoms with Crippen molar-refractivity contribution in [3.8, 4) is 0 Å². The maximum absolute atomic E-state index is 12.5. The number of sulfonamides is 1. The van der Waals surface area contributed by atoms with Crippen LogP contribution >= 0.6 is 11.6 Å². The fourth-order valence-corrected chi connectivity index (χ4v) is 4.28. The topological polar surface area (TPSA) is 110 Å². The molecule has 0 saturated carbocycles. The maximum atomic E-state index is 12.5. The normalized spacial score (nSPS) is 11.4. The highest BCUT2D eigenvalue weighted by molar-refractivity contribution is 7.89. The molecule has 0 bridgehead atoms. The SMILES string of the molecule is CN(Cc1cc([N+](=O)[O-])ccc1Cl)C(=O)CCNS(=O)(=O)c1ccc2ccccc2c1. The van der Waals surface area contributed by atoms with Gasteiger partial charge in [0.15, 0.2) is 0 Å². The van der Waals surface area contributed by atoms with E-state index in [0.717, 1.165) is 10.8 Å². The zero-order valence-corrected chi connectivity index (χ0v) is 18.2. The van der Waals surface area contributed by atoms with Crippen molar-refractivity contribution in [2.45, 2.75) is 17.9 Å². The lowest BCUT2D eigenvalue weighted by molar-refractivity contribution is -0.384. The van der Waals surface area contributed by atoms with Crippen molar-refractivity contribution < 1.29 is 18.1 Å². The van der Waals surface area contributed by atoms with Gasteiger partial charge in [-0.05, 0) is 34.5 Å². The summed E-state index contributed by atoms with van der Waals surface area (Å²) in [5.74, 6) is -0.330. The summed E-state index contributed by atoms with van der Waals surface area (Å²) in [4.78, 5) is 24.2. The van der Waals surface area contributed by atoms with Crippen molar-refractivity contribution in [2.75, 3.05) is 13.6 Å². The fraction of sp³-hybridized carbons (Fsp3) is 0.190. The molecular formula is C21H20ClN3O5S. The molecule has 3 aromatic carbocycles. The number of nitrogens with zero attached hydrogens (tertiary/aromatic N) is 2. The molecule has 3 aromatic rings. The van der Waals surface area contributed by atoms with E-state index in [2.05, 4.69) is 4.72 Å². The van der Waals surface area contributed by atoms with Gasteiger partial charge in [-0.3, -0.25) is 14.9 Å². The number of halogens is 1. The minimum absolute atomic E-state index is 0.0662. The second kappa shape index (κ2) is 9.42. The number of nitrogens with one attached hydrogen (secondary N) is 1. The van der Waals surface area contributed by atoms with Gasteiger partial charge in [0, 0.05) is 43.7 Å². The van der Waals surface area contributed by atoms with Gasteiger partial charge in [0.2, 0.25) is 15.9 Å². The van der Waals surface area contributed by atoms with Gasteiger partial charge in [-0.15, -0.1) is 0 Å². The highest BCUT2D eigenvalue weighted by Gasteiger charge is 2.17. The van der Waals surface area contributed by atoms with Crippen LogP contribution in [0.2, 0.25) is 5.02 Å². The molecular weight excluding hydrogens is 442 g/mol. The van der Waals surface area contributed by atoms with Gasteiger partial charge in [0.1, 0.15) is 0 Å². The van der Waals surface area contributed by atoms with Crippen LogP contribution in [0, 0.1) is 10.1 Å². The molecule has 0 unspecified atom stereocenters. The number of carbonyl (C=O) groups is 1. The lowest BCUT2D eigenvalue weighted by Gasteiger charge is -2.18. The first-order valence-corrected chi connectivity index (χ1v) is 11.2. The number of amides is 1. The predicted molar refractivity (Wildman–Crippen MR) is 118 cm³/mol. The number of rotatable bonds is 8. The summed E-state index contributed by atoms with van der Waals surface area (Å²) in [6.45, 7) is -0.0161. The number of hydrogen-bond donors (Lipinski definition) is 1. The first-order valence-electron chi connectivity index (χ1n) is 9.32. The van der Waals surface area contributed by atoms with Gasteiger partial charge in [-0.2, -0.15) is 0 Å². The van der Waals surface area contributed by atoms with Crippen LogP contribution in [0.15, 0.2) is 65.6 Å². The molecule has 31 heavy (non-hydrogen) atoms. The highest BCUT2D eigenvalue weighted by Crippen LogP contribution is 2.23. The summed E-state index contributed by atoms with van der Waals surface area (Å²) in [7, 11) is -2.25. The van der Waals surface area contributed by atoms with Crippen molar-refractivity contribution in [3.05, 3.63) is 81.4 Å². The third kappa shape index (κ3) is 5.57. The van der Waals surface area contributed by atoms with Crippen molar-refractivity contribution in [2.24, 2.45) is 0 Å². The zero-order chi connectivity index (χ0) is 22.6. The third-order valence-corrected chi connectivity index (χ3v) is 6.56. The van der Waals surface area contributed by atoms with E-state index < -0.39 is 14.9 Å². The van der Waals surface area contributed by atoms with E-state index in [1.807, 2.05) is 24.3 Å². The first-order chi connectivity index (χ1) is 14.7. The summed E-state index contributed by atoms with van der Waals surface area (Å²) >= 11 is 6.07. The van der Waals surface area contributed by atoms with Crippen molar-refractivity contribution in [3.63, 3.8) is 0 Å². The van der Waals surface area contributed by atoms with Crippen LogP contribution in [-0.2, 0) is 21.4 Å². The number of nitro groups is 1. The quantitative estimate of drug-likeness (QED) is 0.406. The zero-order valence-electron chi connectivity index (χ0n) is 16.6. The van der Waals surface area contributed by atoms with Crippen LogP contribution in [0.1, 0.15) is 12.0 Å². The number of non-ortho nitro benzene ring substituents is 1. The van der Waals surface area contributed by atoms with E-state index in [0.29, 0.717) is 10.6 Å². The molecule has 0 radical (unpaired) electrons. The van der Waals surface area contributed by atoms with Crippen LogP contribution in [0.5, 0.6) is 0 Å². The van der Waals surface area contributed by atoms with E-state index in [4.69, 9.17) is 11.6 Å².